The summed E-state index contributed by atoms with van der Waals surface area (Å²) in [7, 11) is -4.04. The van der Waals surface area contributed by atoms with Crippen molar-refractivity contribution in [3.8, 4) is 0 Å². The first-order valence-corrected chi connectivity index (χ1v) is 8.31. The molecule has 2 aromatic rings. The molecular formula is C15H15ClFNO3S. The summed E-state index contributed by atoms with van der Waals surface area (Å²) in [6, 6.07) is 11.7. The van der Waals surface area contributed by atoms with Crippen LogP contribution in [0.15, 0.2) is 53.4 Å². The monoisotopic (exact) mass is 343 g/mol. The lowest BCUT2D eigenvalue weighted by Crippen LogP contribution is -2.38. The van der Waals surface area contributed by atoms with Crippen molar-refractivity contribution in [3.05, 3.63) is 64.9 Å². The van der Waals surface area contributed by atoms with E-state index >= 15 is 0 Å². The lowest BCUT2D eigenvalue weighted by atomic mass is 9.97. The van der Waals surface area contributed by atoms with Crippen LogP contribution < -0.4 is 4.72 Å². The van der Waals surface area contributed by atoms with E-state index in [0.29, 0.717) is 5.56 Å². The number of benzene rings is 2. The SMILES string of the molecule is CC(O)(CNS(=O)(=O)c1cc(F)ccc1Cl)c1ccccc1. The quantitative estimate of drug-likeness (QED) is 0.877. The fourth-order valence-electron chi connectivity index (χ4n) is 1.90. The molecule has 0 aliphatic rings. The van der Waals surface area contributed by atoms with Crippen LogP contribution in [0.4, 0.5) is 4.39 Å². The van der Waals surface area contributed by atoms with Gasteiger partial charge in [-0.2, -0.15) is 0 Å². The van der Waals surface area contributed by atoms with Gasteiger partial charge in [0.2, 0.25) is 10.0 Å². The van der Waals surface area contributed by atoms with Crippen molar-refractivity contribution in [2.45, 2.75) is 17.4 Å². The van der Waals surface area contributed by atoms with Gasteiger partial charge in [0.05, 0.1) is 5.02 Å². The normalized spacial score (nSPS) is 14.5. The maximum atomic E-state index is 13.2. The summed E-state index contributed by atoms with van der Waals surface area (Å²) < 4.78 is 39.9. The third-order valence-electron chi connectivity index (χ3n) is 3.18. The Hall–Kier alpha value is -1.47. The van der Waals surface area contributed by atoms with E-state index in [1.54, 1.807) is 30.3 Å². The van der Waals surface area contributed by atoms with E-state index in [-0.39, 0.29) is 16.5 Å². The first-order valence-electron chi connectivity index (χ1n) is 6.45. The van der Waals surface area contributed by atoms with Gasteiger partial charge in [0.15, 0.2) is 0 Å². The predicted octanol–water partition coefficient (Wildman–Crippen LogP) is 2.67. The van der Waals surface area contributed by atoms with E-state index in [9.17, 15) is 17.9 Å². The van der Waals surface area contributed by atoms with Crippen LogP contribution >= 0.6 is 11.6 Å². The molecule has 0 saturated heterocycles. The maximum Gasteiger partial charge on any atom is 0.242 e. The third-order valence-corrected chi connectivity index (χ3v) is 5.07. The van der Waals surface area contributed by atoms with E-state index in [0.717, 1.165) is 12.1 Å². The van der Waals surface area contributed by atoms with Crippen molar-refractivity contribution in [1.29, 1.82) is 0 Å². The highest BCUT2D eigenvalue weighted by molar-refractivity contribution is 7.89. The molecule has 22 heavy (non-hydrogen) atoms. The molecule has 2 N–H and O–H groups in total. The molecule has 0 fully saturated rings. The molecule has 4 nitrogen and oxygen atoms in total. The van der Waals surface area contributed by atoms with Gasteiger partial charge < -0.3 is 5.11 Å². The highest BCUT2D eigenvalue weighted by Gasteiger charge is 2.27. The van der Waals surface area contributed by atoms with Gasteiger partial charge in [-0.15, -0.1) is 0 Å². The molecule has 2 aromatic carbocycles. The number of hydrogen-bond acceptors (Lipinski definition) is 3. The largest absolute Gasteiger partial charge is 0.384 e. The Morgan fingerprint density at radius 3 is 2.50 bits per heavy atom. The number of aliphatic hydroxyl groups is 1. The van der Waals surface area contributed by atoms with E-state index in [4.69, 9.17) is 11.6 Å². The molecule has 0 amide bonds. The van der Waals surface area contributed by atoms with Crippen molar-refractivity contribution >= 4 is 21.6 Å². The highest BCUT2D eigenvalue weighted by atomic mass is 35.5. The fraction of sp³-hybridized carbons (Fsp3) is 0.200. The highest BCUT2D eigenvalue weighted by Crippen LogP contribution is 2.24. The molecule has 0 spiro atoms. The Bertz CT molecular complexity index is 764. The Balaban J connectivity index is 2.21. The van der Waals surface area contributed by atoms with Crippen LogP contribution in [0.25, 0.3) is 0 Å². The molecule has 0 aromatic heterocycles. The summed E-state index contributed by atoms with van der Waals surface area (Å²) in [5.41, 5.74) is -0.850. The van der Waals surface area contributed by atoms with E-state index < -0.39 is 21.4 Å². The van der Waals surface area contributed by atoms with Gasteiger partial charge in [0, 0.05) is 6.54 Å². The van der Waals surface area contributed by atoms with Crippen LogP contribution in [0.2, 0.25) is 5.02 Å². The Morgan fingerprint density at radius 1 is 1.23 bits per heavy atom. The average molecular weight is 344 g/mol. The summed E-state index contributed by atoms with van der Waals surface area (Å²) >= 11 is 5.80. The number of sulfonamides is 1. The minimum Gasteiger partial charge on any atom is -0.384 e. The Morgan fingerprint density at radius 2 is 1.86 bits per heavy atom. The van der Waals surface area contributed by atoms with Crippen molar-refractivity contribution in [2.75, 3.05) is 6.54 Å². The molecule has 0 aliphatic heterocycles. The van der Waals surface area contributed by atoms with Gasteiger partial charge in [-0.05, 0) is 30.7 Å². The molecule has 0 bridgehead atoms. The molecule has 1 unspecified atom stereocenters. The van der Waals surface area contributed by atoms with Crippen molar-refractivity contribution in [1.82, 2.24) is 4.72 Å². The second kappa shape index (κ2) is 6.34. The molecule has 1 atom stereocenters. The van der Waals surface area contributed by atoms with Crippen LogP contribution in [0.3, 0.4) is 0 Å². The Labute approximate surface area is 133 Å². The maximum absolute atomic E-state index is 13.2. The second-order valence-electron chi connectivity index (χ2n) is 5.04. The zero-order valence-corrected chi connectivity index (χ0v) is 13.3. The molecular weight excluding hydrogens is 329 g/mol. The number of hydrogen-bond donors (Lipinski definition) is 2. The van der Waals surface area contributed by atoms with Gasteiger partial charge in [-0.1, -0.05) is 41.9 Å². The molecule has 0 radical (unpaired) electrons. The molecule has 0 heterocycles. The minimum absolute atomic E-state index is 0.0896. The van der Waals surface area contributed by atoms with E-state index in [1.165, 1.54) is 13.0 Å². The molecule has 7 heteroatoms. The topological polar surface area (TPSA) is 66.4 Å². The zero-order valence-electron chi connectivity index (χ0n) is 11.8. The van der Waals surface area contributed by atoms with Crippen LogP contribution in [0, 0.1) is 5.82 Å². The summed E-state index contributed by atoms with van der Waals surface area (Å²) in [5, 5.41) is 10.3. The summed E-state index contributed by atoms with van der Waals surface area (Å²) in [6.45, 7) is 1.21. The number of halogens is 2. The molecule has 2 rings (SSSR count). The lowest BCUT2D eigenvalue weighted by molar-refractivity contribution is 0.0627. The van der Waals surface area contributed by atoms with Gasteiger partial charge in [-0.25, -0.2) is 17.5 Å². The molecule has 0 saturated carbocycles. The third kappa shape index (κ3) is 3.84. The summed E-state index contributed by atoms with van der Waals surface area (Å²) in [5.74, 6) is -0.709. The van der Waals surface area contributed by atoms with Crippen molar-refractivity contribution in [3.63, 3.8) is 0 Å². The van der Waals surface area contributed by atoms with Gasteiger partial charge >= 0.3 is 0 Å². The number of rotatable bonds is 5. The summed E-state index contributed by atoms with van der Waals surface area (Å²) in [6.07, 6.45) is 0. The Kier molecular flexibility index (Phi) is 4.87. The van der Waals surface area contributed by atoms with Crippen molar-refractivity contribution < 1.29 is 17.9 Å². The standard InChI is InChI=1S/C15H15ClFNO3S/c1-15(19,11-5-3-2-4-6-11)10-18-22(20,21)14-9-12(17)7-8-13(14)16/h2-9,18-19H,10H2,1H3. The first-order chi connectivity index (χ1) is 10.2. The minimum atomic E-state index is -4.04. The van der Waals surface area contributed by atoms with Crippen LogP contribution in [0.5, 0.6) is 0 Å². The van der Waals surface area contributed by atoms with E-state index in [2.05, 4.69) is 4.72 Å². The first kappa shape index (κ1) is 16.9. The van der Waals surface area contributed by atoms with E-state index in [1.807, 2.05) is 0 Å². The smallest absolute Gasteiger partial charge is 0.242 e. The van der Waals surface area contributed by atoms with Gasteiger partial charge in [0.25, 0.3) is 0 Å². The van der Waals surface area contributed by atoms with Gasteiger partial charge in [-0.3, -0.25) is 0 Å². The summed E-state index contributed by atoms with van der Waals surface area (Å²) in [4.78, 5) is -0.363. The van der Waals surface area contributed by atoms with Crippen LogP contribution in [-0.4, -0.2) is 20.1 Å². The zero-order chi connectivity index (χ0) is 16.4. The van der Waals surface area contributed by atoms with Crippen LogP contribution in [0.1, 0.15) is 12.5 Å². The van der Waals surface area contributed by atoms with Gasteiger partial charge in [0.1, 0.15) is 16.3 Å². The predicted molar refractivity (Wildman–Crippen MR) is 82.6 cm³/mol. The lowest BCUT2D eigenvalue weighted by Gasteiger charge is -2.24. The van der Waals surface area contributed by atoms with Crippen molar-refractivity contribution in [2.24, 2.45) is 0 Å². The average Bonchev–Trinajstić information content (AvgIpc) is 2.49. The van der Waals surface area contributed by atoms with Crippen LogP contribution in [-0.2, 0) is 15.6 Å². The second-order valence-corrected chi connectivity index (χ2v) is 7.18. The fourth-order valence-corrected chi connectivity index (χ4v) is 3.54. The molecule has 118 valence electrons. The number of nitrogens with one attached hydrogen (secondary N) is 1. The molecule has 0 aliphatic carbocycles.